The lowest BCUT2D eigenvalue weighted by molar-refractivity contribution is -0.136. The van der Waals surface area contributed by atoms with Gasteiger partial charge in [0.15, 0.2) is 0 Å². The van der Waals surface area contributed by atoms with Gasteiger partial charge in [-0.25, -0.2) is 0 Å². The largest absolute Gasteiger partial charge is 0.353 e. The van der Waals surface area contributed by atoms with Crippen LogP contribution in [0.3, 0.4) is 0 Å². The van der Waals surface area contributed by atoms with E-state index in [1.54, 1.807) is 19.2 Å². The lowest BCUT2D eigenvalue weighted by Crippen LogP contribution is -2.58. The third kappa shape index (κ3) is 4.28. The minimum absolute atomic E-state index is 0.0418. The minimum Gasteiger partial charge on any atom is -0.353 e. The Morgan fingerprint density at radius 3 is 2.67 bits per heavy atom. The first kappa shape index (κ1) is 15.0. The average Bonchev–Trinajstić information content (AvgIpc) is 2.48. The molecule has 7 nitrogen and oxygen atoms in total. The molecule has 0 spiro atoms. The van der Waals surface area contributed by atoms with Crippen LogP contribution in [0.5, 0.6) is 0 Å². The molecule has 0 saturated carbocycles. The molecule has 1 fully saturated rings. The SMILES string of the molecule is CN(CC(=O)Nc1ccccc1)C(=O)C1CNC(=O)CN1. The standard InChI is InChI=1S/C14H18N4O3/c1-18(14(21)11-7-16-12(19)8-15-11)9-13(20)17-10-5-3-2-4-6-10/h2-6,11,15H,7-9H2,1H3,(H,16,19)(H,17,20). The topological polar surface area (TPSA) is 90.5 Å². The number of likely N-dealkylation sites (N-methyl/N-ethyl adjacent to an activating group) is 1. The predicted molar refractivity (Wildman–Crippen MR) is 77.5 cm³/mol. The quantitative estimate of drug-likeness (QED) is 0.675. The molecule has 0 aromatic heterocycles. The van der Waals surface area contributed by atoms with Gasteiger partial charge in [-0.05, 0) is 12.1 Å². The van der Waals surface area contributed by atoms with Crippen molar-refractivity contribution in [3.8, 4) is 0 Å². The number of hydrogen-bond acceptors (Lipinski definition) is 4. The third-order valence-electron chi connectivity index (χ3n) is 3.13. The summed E-state index contributed by atoms with van der Waals surface area (Å²) < 4.78 is 0. The number of para-hydroxylation sites is 1. The lowest BCUT2D eigenvalue weighted by Gasteiger charge is -2.27. The zero-order chi connectivity index (χ0) is 15.2. The first-order valence-electron chi connectivity index (χ1n) is 6.66. The molecule has 1 unspecified atom stereocenters. The Bertz CT molecular complexity index is 522. The molecule has 1 saturated heterocycles. The molecule has 1 aromatic rings. The Kier molecular flexibility index (Phi) is 4.89. The molecule has 7 heteroatoms. The van der Waals surface area contributed by atoms with E-state index in [4.69, 9.17) is 0 Å². The van der Waals surface area contributed by atoms with Crippen molar-refractivity contribution in [2.45, 2.75) is 6.04 Å². The highest BCUT2D eigenvalue weighted by Gasteiger charge is 2.27. The summed E-state index contributed by atoms with van der Waals surface area (Å²) in [6.45, 7) is 0.308. The molecule has 1 atom stereocenters. The minimum atomic E-state index is -0.489. The molecule has 1 aliphatic heterocycles. The van der Waals surface area contributed by atoms with Crippen LogP contribution in [-0.4, -0.2) is 55.3 Å². The number of hydrogen-bond donors (Lipinski definition) is 3. The number of nitrogens with one attached hydrogen (secondary N) is 3. The van der Waals surface area contributed by atoms with Gasteiger partial charge in [0.25, 0.3) is 0 Å². The smallest absolute Gasteiger partial charge is 0.243 e. The number of carbonyl (C=O) groups is 3. The van der Waals surface area contributed by atoms with E-state index in [1.807, 2.05) is 18.2 Å². The van der Waals surface area contributed by atoms with E-state index >= 15 is 0 Å². The highest BCUT2D eigenvalue weighted by molar-refractivity contribution is 5.95. The van der Waals surface area contributed by atoms with Gasteiger partial charge in [0, 0.05) is 19.3 Å². The van der Waals surface area contributed by atoms with Crippen LogP contribution >= 0.6 is 0 Å². The van der Waals surface area contributed by atoms with Crippen molar-refractivity contribution in [2.24, 2.45) is 0 Å². The first-order valence-corrected chi connectivity index (χ1v) is 6.66. The third-order valence-corrected chi connectivity index (χ3v) is 3.13. The molecule has 0 aliphatic carbocycles. The molecule has 112 valence electrons. The molecular formula is C14H18N4O3. The molecule has 21 heavy (non-hydrogen) atoms. The van der Waals surface area contributed by atoms with Crippen LogP contribution in [0.25, 0.3) is 0 Å². The Balaban J connectivity index is 1.83. The molecule has 1 heterocycles. The Morgan fingerprint density at radius 1 is 1.33 bits per heavy atom. The fourth-order valence-corrected chi connectivity index (χ4v) is 2.02. The van der Waals surface area contributed by atoms with Gasteiger partial charge in [0.1, 0.15) is 6.04 Å². The Labute approximate surface area is 122 Å². The monoisotopic (exact) mass is 290 g/mol. The van der Waals surface area contributed by atoms with Gasteiger partial charge in [0.2, 0.25) is 17.7 Å². The molecule has 3 N–H and O–H groups in total. The number of piperazine rings is 1. The van der Waals surface area contributed by atoms with Gasteiger partial charge in [-0.1, -0.05) is 18.2 Å². The Morgan fingerprint density at radius 2 is 2.05 bits per heavy atom. The summed E-state index contributed by atoms with van der Waals surface area (Å²) in [6.07, 6.45) is 0. The zero-order valence-corrected chi connectivity index (χ0v) is 11.8. The van der Waals surface area contributed by atoms with Crippen LogP contribution in [0.4, 0.5) is 5.69 Å². The maximum Gasteiger partial charge on any atom is 0.243 e. The highest BCUT2D eigenvalue weighted by atomic mass is 16.2. The van der Waals surface area contributed by atoms with Crippen LogP contribution < -0.4 is 16.0 Å². The van der Waals surface area contributed by atoms with E-state index < -0.39 is 6.04 Å². The second-order valence-electron chi connectivity index (χ2n) is 4.85. The zero-order valence-electron chi connectivity index (χ0n) is 11.8. The van der Waals surface area contributed by atoms with Crippen molar-refractivity contribution in [3.63, 3.8) is 0 Å². The molecular weight excluding hydrogens is 272 g/mol. The van der Waals surface area contributed by atoms with Crippen molar-refractivity contribution in [3.05, 3.63) is 30.3 Å². The normalized spacial score (nSPS) is 17.8. The van der Waals surface area contributed by atoms with Crippen LogP contribution in [0.2, 0.25) is 0 Å². The lowest BCUT2D eigenvalue weighted by atomic mass is 10.2. The maximum absolute atomic E-state index is 12.1. The summed E-state index contributed by atoms with van der Waals surface area (Å²) in [5.41, 5.74) is 0.686. The van der Waals surface area contributed by atoms with Gasteiger partial charge < -0.3 is 15.5 Å². The van der Waals surface area contributed by atoms with Crippen LogP contribution in [-0.2, 0) is 14.4 Å². The number of benzene rings is 1. The van der Waals surface area contributed by atoms with E-state index in [0.717, 1.165) is 0 Å². The summed E-state index contributed by atoms with van der Waals surface area (Å²) in [5.74, 6) is -0.626. The number of rotatable bonds is 4. The molecule has 1 aromatic carbocycles. The van der Waals surface area contributed by atoms with E-state index in [0.29, 0.717) is 5.69 Å². The average molecular weight is 290 g/mol. The van der Waals surface area contributed by atoms with E-state index in [2.05, 4.69) is 16.0 Å². The number of nitrogens with zero attached hydrogens (tertiary/aromatic N) is 1. The first-order chi connectivity index (χ1) is 10.1. The Hall–Kier alpha value is -2.41. The molecule has 0 bridgehead atoms. The fourth-order valence-electron chi connectivity index (χ4n) is 2.02. The number of amides is 3. The summed E-state index contributed by atoms with van der Waals surface area (Å²) in [6, 6.07) is 8.56. The van der Waals surface area contributed by atoms with Gasteiger partial charge in [-0.15, -0.1) is 0 Å². The summed E-state index contributed by atoms with van der Waals surface area (Å²) >= 11 is 0. The number of anilines is 1. The van der Waals surface area contributed by atoms with Gasteiger partial charge in [0.05, 0.1) is 13.1 Å². The predicted octanol–water partition coefficient (Wildman–Crippen LogP) is -0.828. The van der Waals surface area contributed by atoms with Crippen molar-refractivity contribution in [1.29, 1.82) is 0 Å². The second-order valence-corrected chi connectivity index (χ2v) is 4.85. The van der Waals surface area contributed by atoms with Crippen molar-refractivity contribution >= 4 is 23.4 Å². The van der Waals surface area contributed by atoms with E-state index in [-0.39, 0.29) is 37.4 Å². The summed E-state index contributed by atoms with van der Waals surface area (Å²) in [7, 11) is 1.56. The van der Waals surface area contributed by atoms with Crippen LogP contribution in [0, 0.1) is 0 Å². The van der Waals surface area contributed by atoms with Crippen molar-refractivity contribution in [2.75, 3.05) is 32.0 Å². The van der Waals surface area contributed by atoms with Gasteiger partial charge in [-0.2, -0.15) is 0 Å². The van der Waals surface area contributed by atoms with E-state index in [1.165, 1.54) is 4.90 Å². The molecule has 3 amide bonds. The molecule has 1 aliphatic rings. The van der Waals surface area contributed by atoms with Gasteiger partial charge >= 0.3 is 0 Å². The maximum atomic E-state index is 12.1. The molecule has 2 rings (SSSR count). The van der Waals surface area contributed by atoms with Gasteiger partial charge in [-0.3, -0.25) is 19.7 Å². The second kappa shape index (κ2) is 6.85. The van der Waals surface area contributed by atoms with E-state index in [9.17, 15) is 14.4 Å². The number of carbonyl (C=O) groups excluding carboxylic acids is 3. The van der Waals surface area contributed by atoms with Crippen LogP contribution in [0.15, 0.2) is 30.3 Å². The summed E-state index contributed by atoms with van der Waals surface area (Å²) in [4.78, 5) is 36.4. The summed E-state index contributed by atoms with van der Waals surface area (Å²) in [5, 5.41) is 8.16. The van der Waals surface area contributed by atoms with Crippen molar-refractivity contribution in [1.82, 2.24) is 15.5 Å². The highest BCUT2D eigenvalue weighted by Crippen LogP contribution is 2.05. The molecule has 0 radical (unpaired) electrons. The van der Waals surface area contributed by atoms with Crippen LogP contribution in [0.1, 0.15) is 0 Å². The van der Waals surface area contributed by atoms with Crippen molar-refractivity contribution < 1.29 is 14.4 Å². The fraction of sp³-hybridized carbons (Fsp3) is 0.357.